The maximum absolute atomic E-state index is 11.7. The second kappa shape index (κ2) is 7.07. The van der Waals surface area contributed by atoms with Gasteiger partial charge in [0.25, 0.3) is 0 Å². The first-order chi connectivity index (χ1) is 9.11. The van der Waals surface area contributed by atoms with Crippen LogP contribution in [0.15, 0.2) is 0 Å². The lowest BCUT2D eigenvalue weighted by Crippen LogP contribution is -2.39. The molecule has 0 bridgehead atoms. The highest BCUT2D eigenvalue weighted by Crippen LogP contribution is 2.31. The summed E-state index contributed by atoms with van der Waals surface area (Å²) in [5, 5.41) is 3.63. The molecule has 0 spiro atoms. The molecule has 1 aliphatic heterocycles. The lowest BCUT2D eigenvalue weighted by Gasteiger charge is -2.30. The van der Waals surface area contributed by atoms with Crippen LogP contribution >= 0.6 is 0 Å². The van der Waals surface area contributed by atoms with Gasteiger partial charge >= 0.3 is 0 Å². The Kier molecular flexibility index (Phi) is 5.70. The van der Waals surface area contributed by atoms with Crippen molar-refractivity contribution in [2.24, 2.45) is 11.8 Å². The first-order valence-electron chi connectivity index (χ1n) is 8.04. The third kappa shape index (κ3) is 4.75. The molecule has 112 valence electrons. The quantitative estimate of drug-likeness (QED) is 0.817. The van der Waals surface area contributed by atoms with E-state index in [1.807, 2.05) is 0 Å². The molecule has 2 unspecified atom stereocenters. The van der Waals surface area contributed by atoms with Crippen LogP contribution in [-0.4, -0.2) is 32.5 Å². The molecule has 1 N–H and O–H groups in total. The molecule has 1 saturated carbocycles. The van der Waals surface area contributed by atoms with Crippen molar-refractivity contribution in [2.45, 2.75) is 64.3 Å². The first-order valence-corrected chi connectivity index (χ1v) is 9.86. The zero-order valence-electron chi connectivity index (χ0n) is 12.2. The standard InChI is InChI=1S/C15H29NO2S/c1-2-9-16-15(11-13-6-4-3-5-7-13)14-8-10-19(17,18)12-14/h13-16H,2-12H2,1H3. The highest BCUT2D eigenvalue weighted by Gasteiger charge is 2.34. The second-order valence-corrected chi connectivity index (χ2v) is 8.69. The van der Waals surface area contributed by atoms with Gasteiger partial charge in [-0.05, 0) is 37.6 Å². The van der Waals surface area contributed by atoms with Crippen molar-refractivity contribution in [2.75, 3.05) is 18.1 Å². The molecule has 0 aromatic rings. The minimum Gasteiger partial charge on any atom is -0.314 e. The Labute approximate surface area is 118 Å². The molecule has 2 atom stereocenters. The average Bonchev–Trinajstić information content (AvgIpc) is 2.76. The molecule has 1 aliphatic carbocycles. The zero-order valence-corrected chi connectivity index (χ0v) is 13.1. The van der Waals surface area contributed by atoms with Crippen LogP contribution in [0, 0.1) is 11.8 Å². The SMILES string of the molecule is CCCNC(CC1CCCCC1)C1CCS(=O)(=O)C1. The summed E-state index contributed by atoms with van der Waals surface area (Å²) in [4.78, 5) is 0. The van der Waals surface area contributed by atoms with E-state index < -0.39 is 9.84 Å². The third-order valence-electron chi connectivity index (χ3n) is 4.81. The fourth-order valence-electron chi connectivity index (χ4n) is 3.70. The Hall–Kier alpha value is -0.0900. The summed E-state index contributed by atoms with van der Waals surface area (Å²) >= 11 is 0. The van der Waals surface area contributed by atoms with Crippen molar-refractivity contribution < 1.29 is 8.42 Å². The fourth-order valence-corrected chi connectivity index (χ4v) is 5.58. The van der Waals surface area contributed by atoms with Gasteiger partial charge in [-0.3, -0.25) is 0 Å². The topological polar surface area (TPSA) is 46.2 Å². The van der Waals surface area contributed by atoms with Crippen LogP contribution < -0.4 is 5.32 Å². The molecule has 4 heteroatoms. The van der Waals surface area contributed by atoms with Crippen LogP contribution in [0.2, 0.25) is 0 Å². The van der Waals surface area contributed by atoms with E-state index in [-0.39, 0.29) is 0 Å². The van der Waals surface area contributed by atoms with Gasteiger partial charge in [0.15, 0.2) is 9.84 Å². The molecule has 19 heavy (non-hydrogen) atoms. The minimum absolute atomic E-state index is 0.360. The van der Waals surface area contributed by atoms with Crippen LogP contribution in [0.4, 0.5) is 0 Å². The van der Waals surface area contributed by atoms with E-state index in [2.05, 4.69) is 12.2 Å². The number of nitrogens with one attached hydrogen (secondary N) is 1. The summed E-state index contributed by atoms with van der Waals surface area (Å²) in [6, 6.07) is 0.431. The summed E-state index contributed by atoms with van der Waals surface area (Å²) < 4.78 is 23.4. The van der Waals surface area contributed by atoms with Gasteiger partial charge in [-0.25, -0.2) is 8.42 Å². The molecule has 0 amide bonds. The molecule has 1 saturated heterocycles. The molecule has 0 radical (unpaired) electrons. The molecule has 2 aliphatic rings. The van der Waals surface area contributed by atoms with Crippen molar-refractivity contribution in [1.29, 1.82) is 0 Å². The van der Waals surface area contributed by atoms with Crippen LogP contribution in [-0.2, 0) is 9.84 Å². The Balaban J connectivity index is 1.91. The second-order valence-electron chi connectivity index (χ2n) is 6.46. The van der Waals surface area contributed by atoms with Gasteiger partial charge in [0, 0.05) is 6.04 Å². The van der Waals surface area contributed by atoms with Crippen LogP contribution in [0.1, 0.15) is 58.3 Å². The van der Waals surface area contributed by atoms with E-state index in [4.69, 9.17) is 0 Å². The van der Waals surface area contributed by atoms with E-state index in [0.29, 0.717) is 23.5 Å². The molecule has 2 fully saturated rings. The summed E-state index contributed by atoms with van der Waals surface area (Å²) in [6.45, 7) is 3.20. The smallest absolute Gasteiger partial charge is 0.150 e. The molecule has 3 nitrogen and oxygen atoms in total. The van der Waals surface area contributed by atoms with Gasteiger partial charge in [0.05, 0.1) is 11.5 Å². The summed E-state index contributed by atoms with van der Waals surface area (Å²) in [5.74, 6) is 2.01. The monoisotopic (exact) mass is 287 g/mol. The molecule has 2 rings (SSSR count). The Morgan fingerprint density at radius 2 is 1.89 bits per heavy atom. The van der Waals surface area contributed by atoms with E-state index >= 15 is 0 Å². The van der Waals surface area contributed by atoms with Gasteiger partial charge in [0.1, 0.15) is 0 Å². The number of hydrogen-bond donors (Lipinski definition) is 1. The third-order valence-corrected chi connectivity index (χ3v) is 6.60. The van der Waals surface area contributed by atoms with Crippen molar-refractivity contribution in [3.8, 4) is 0 Å². The van der Waals surface area contributed by atoms with Gasteiger partial charge in [-0.1, -0.05) is 39.0 Å². The summed E-state index contributed by atoms with van der Waals surface area (Å²) in [7, 11) is -2.75. The van der Waals surface area contributed by atoms with Gasteiger partial charge in [-0.15, -0.1) is 0 Å². The molecule has 0 aromatic carbocycles. The predicted molar refractivity (Wildman–Crippen MR) is 80.0 cm³/mol. The fraction of sp³-hybridized carbons (Fsp3) is 1.00. The minimum atomic E-state index is -2.75. The van der Waals surface area contributed by atoms with Crippen LogP contribution in [0.25, 0.3) is 0 Å². The van der Waals surface area contributed by atoms with Crippen molar-refractivity contribution in [3.63, 3.8) is 0 Å². The molecule has 0 aromatic heterocycles. The molecule has 1 heterocycles. The largest absolute Gasteiger partial charge is 0.314 e. The van der Waals surface area contributed by atoms with Crippen molar-refractivity contribution in [1.82, 2.24) is 5.32 Å². The number of sulfone groups is 1. The first kappa shape index (κ1) is 15.3. The van der Waals surface area contributed by atoms with Gasteiger partial charge in [0.2, 0.25) is 0 Å². The van der Waals surface area contributed by atoms with Crippen molar-refractivity contribution >= 4 is 9.84 Å². The van der Waals surface area contributed by atoms with E-state index in [0.717, 1.165) is 25.3 Å². The number of hydrogen-bond acceptors (Lipinski definition) is 3. The molecular formula is C15H29NO2S. The summed E-state index contributed by atoms with van der Waals surface area (Å²) in [5.41, 5.74) is 0. The predicted octanol–water partition coefficient (Wildman–Crippen LogP) is 2.76. The van der Waals surface area contributed by atoms with E-state index in [1.54, 1.807) is 0 Å². The average molecular weight is 287 g/mol. The Morgan fingerprint density at radius 1 is 1.16 bits per heavy atom. The Morgan fingerprint density at radius 3 is 2.47 bits per heavy atom. The van der Waals surface area contributed by atoms with E-state index in [1.165, 1.54) is 38.5 Å². The van der Waals surface area contributed by atoms with Gasteiger partial charge in [-0.2, -0.15) is 0 Å². The lowest BCUT2D eigenvalue weighted by molar-refractivity contribution is 0.260. The van der Waals surface area contributed by atoms with Crippen LogP contribution in [0.3, 0.4) is 0 Å². The summed E-state index contributed by atoms with van der Waals surface area (Å²) in [6.07, 6.45) is 10.0. The molecular weight excluding hydrogens is 258 g/mol. The van der Waals surface area contributed by atoms with Crippen molar-refractivity contribution in [3.05, 3.63) is 0 Å². The van der Waals surface area contributed by atoms with Gasteiger partial charge < -0.3 is 5.32 Å². The van der Waals surface area contributed by atoms with Crippen LogP contribution in [0.5, 0.6) is 0 Å². The van der Waals surface area contributed by atoms with E-state index in [9.17, 15) is 8.42 Å². The lowest BCUT2D eigenvalue weighted by atomic mass is 9.81. The maximum atomic E-state index is 11.7. The normalized spacial score (nSPS) is 29.4. The highest BCUT2D eigenvalue weighted by molar-refractivity contribution is 7.91. The maximum Gasteiger partial charge on any atom is 0.150 e. The Bertz CT molecular complexity index is 360. The highest BCUT2D eigenvalue weighted by atomic mass is 32.2. The number of rotatable bonds is 6. The zero-order chi connectivity index (χ0) is 13.7.